The third-order valence-electron chi connectivity index (χ3n) is 10.6. The van der Waals surface area contributed by atoms with E-state index in [1.54, 1.807) is 0 Å². The molecule has 8 heteroatoms. The number of aliphatic hydroxyl groups is 4. The Labute approximate surface area is 392 Å². The Kier molecular flexibility index (Phi) is 63.6. The fourth-order valence-corrected chi connectivity index (χ4v) is 6.00. The molecule has 0 aromatic heterocycles. The largest absolute Gasteiger partial charge is 0.396 e. The van der Waals surface area contributed by atoms with Crippen LogP contribution in [0.15, 0.2) is 24.3 Å². The average Bonchev–Trinajstić information content (AvgIpc) is 4.12. The van der Waals surface area contributed by atoms with Crippen LogP contribution < -0.4 is 0 Å². The second-order valence-electron chi connectivity index (χ2n) is 17.2. The molecule has 1 aliphatic rings. The summed E-state index contributed by atoms with van der Waals surface area (Å²) in [6.45, 7) is 19.0. The predicted molar refractivity (Wildman–Crippen MR) is 271 cm³/mol. The molecule has 1 aliphatic heterocycles. The van der Waals surface area contributed by atoms with E-state index in [9.17, 15) is 15.3 Å². The first kappa shape index (κ1) is 66.0. The summed E-state index contributed by atoms with van der Waals surface area (Å²) in [5.41, 5.74) is 0. The van der Waals surface area contributed by atoms with Crippen LogP contribution in [0.25, 0.3) is 0 Å². The molecule has 63 heavy (non-hydrogen) atoms. The molecule has 4 N–H and O–H groups in total. The summed E-state index contributed by atoms with van der Waals surface area (Å²) in [4.78, 5) is 0. The lowest BCUT2D eigenvalue weighted by molar-refractivity contribution is 0.0770. The van der Waals surface area contributed by atoms with Crippen LogP contribution in [0, 0.1) is 11.8 Å². The van der Waals surface area contributed by atoms with Crippen molar-refractivity contribution in [3.63, 3.8) is 0 Å². The van der Waals surface area contributed by atoms with E-state index in [0.29, 0.717) is 25.7 Å². The Morgan fingerprint density at radius 2 is 0.841 bits per heavy atom. The van der Waals surface area contributed by atoms with Crippen LogP contribution in [-0.4, -0.2) is 97.7 Å². The van der Waals surface area contributed by atoms with Gasteiger partial charge in [0.1, 0.15) is 0 Å². The molecule has 8 nitrogen and oxygen atoms in total. The van der Waals surface area contributed by atoms with Crippen molar-refractivity contribution in [2.45, 2.75) is 265 Å². The highest BCUT2D eigenvalue weighted by Gasteiger charge is 2.21. The topological polar surface area (TPSA) is 121 Å². The highest BCUT2D eigenvalue weighted by Crippen LogP contribution is 2.13. The molecule has 0 bridgehead atoms. The van der Waals surface area contributed by atoms with Gasteiger partial charge in [0.15, 0.2) is 0 Å². The van der Waals surface area contributed by atoms with Crippen LogP contribution in [0.1, 0.15) is 241 Å². The number of ether oxygens (including phenoxy) is 4. The first-order chi connectivity index (χ1) is 30.9. The molecular weight excluding hydrogens is 789 g/mol. The molecule has 0 saturated carbocycles. The zero-order valence-electron chi connectivity index (χ0n) is 42.6. The van der Waals surface area contributed by atoms with Gasteiger partial charge in [0.2, 0.25) is 0 Å². The minimum Gasteiger partial charge on any atom is -0.396 e. The third-order valence-corrected chi connectivity index (χ3v) is 10.6. The van der Waals surface area contributed by atoms with E-state index in [2.05, 4.69) is 77.7 Å². The first-order valence-corrected chi connectivity index (χ1v) is 26.6. The van der Waals surface area contributed by atoms with Crippen LogP contribution in [0.2, 0.25) is 0 Å². The Hall–Kier alpha value is -1.28. The van der Waals surface area contributed by atoms with E-state index < -0.39 is 0 Å². The number of unbranched alkanes of at least 4 members (excludes halogenated alkanes) is 15. The summed E-state index contributed by atoms with van der Waals surface area (Å²) in [5.74, 6) is 6.34. The molecule has 0 aliphatic carbocycles. The summed E-state index contributed by atoms with van der Waals surface area (Å²) in [7, 11) is 0. The molecule has 0 aromatic rings. The molecule has 0 radical (unpaired) electrons. The lowest BCUT2D eigenvalue weighted by Gasteiger charge is -2.09. The molecule has 1 heterocycles. The van der Waals surface area contributed by atoms with Crippen molar-refractivity contribution in [3.05, 3.63) is 24.3 Å². The highest BCUT2D eigenvalue weighted by atomic mass is 16.6. The molecule has 0 amide bonds. The average molecular weight is 897 g/mol. The van der Waals surface area contributed by atoms with Crippen molar-refractivity contribution in [3.8, 4) is 11.8 Å². The van der Waals surface area contributed by atoms with Gasteiger partial charge in [0.25, 0.3) is 0 Å². The van der Waals surface area contributed by atoms with Gasteiger partial charge in [0, 0.05) is 59.1 Å². The van der Waals surface area contributed by atoms with Gasteiger partial charge in [0.05, 0.1) is 31.0 Å². The smallest absolute Gasteiger partial charge is 0.0831 e. The van der Waals surface area contributed by atoms with Crippen LogP contribution in [0.5, 0.6) is 0 Å². The van der Waals surface area contributed by atoms with Gasteiger partial charge < -0.3 is 39.4 Å². The molecule has 0 aromatic carbocycles. The summed E-state index contributed by atoms with van der Waals surface area (Å²) in [6, 6.07) is 0. The van der Waals surface area contributed by atoms with Gasteiger partial charge in [-0.3, -0.25) is 0 Å². The summed E-state index contributed by atoms with van der Waals surface area (Å²) < 4.78 is 21.3. The standard InChI is InChI=1S/C17H34O2.C17H32O2.C13H26O2.C8H16O2/c2*1-3-5-7-8-9-10-11-12-13-17(18)14-16-19-15-6-4-2;1-2-3-4-5-6-7-8-9-10-13(15)11-12-14;1-2-3-5-9-6-4-8-7-10-8/h10-11,17-18H,3-9,12-16H2,1-2H3;17-18H,3-9,12-16H2,1-2H3;7-8,13-15H,2-6,9-12H2,1H3;8H,2-7H2,1H3/b11-10-;;8-7-;/t2*17-;13-;8-/m1110/s1. The fourth-order valence-electron chi connectivity index (χ4n) is 6.00. The number of epoxide rings is 1. The van der Waals surface area contributed by atoms with E-state index >= 15 is 0 Å². The third kappa shape index (κ3) is 67.4. The molecular formula is C55H108O8. The van der Waals surface area contributed by atoms with Gasteiger partial charge in [-0.05, 0) is 109 Å². The van der Waals surface area contributed by atoms with Crippen molar-refractivity contribution in [2.75, 3.05) is 52.9 Å². The molecule has 4 atom stereocenters. The van der Waals surface area contributed by atoms with E-state index in [1.807, 2.05) is 0 Å². The SMILES string of the molecule is CCCCCC/C=C\CC[C@@H](O)CCO.CCCCCC/C=C\CC[C@@H](O)CCOCCCC.CCCCCCC#CCC[C@@H](O)CCOCCCC.CCCCOCC[C@H]1CO1. The zero-order chi connectivity index (χ0) is 47.0. The molecule has 376 valence electrons. The summed E-state index contributed by atoms with van der Waals surface area (Å²) in [5, 5.41) is 37.4. The quantitative estimate of drug-likeness (QED) is 0.0207. The number of rotatable bonds is 42. The maximum Gasteiger partial charge on any atom is 0.0831 e. The molecule has 1 fully saturated rings. The Bertz CT molecular complexity index is 927. The lowest BCUT2D eigenvalue weighted by Crippen LogP contribution is -2.10. The molecule has 1 rings (SSSR count). The van der Waals surface area contributed by atoms with Crippen LogP contribution >= 0.6 is 0 Å². The fraction of sp³-hybridized carbons (Fsp3) is 0.891. The monoisotopic (exact) mass is 897 g/mol. The van der Waals surface area contributed by atoms with Gasteiger partial charge in [-0.1, -0.05) is 143 Å². The first-order valence-electron chi connectivity index (χ1n) is 26.6. The van der Waals surface area contributed by atoms with E-state index in [4.69, 9.17) is 24.1 Å². The van der Waals surface area contributed by atoms with Crippen LogP contribution in [0.3, 0.4) is 0 Å². The number of hydrogen-bond acceptors (Lipinski definition) is 8. The minimum atomic E-state index is -0.334. The maximum absolute atomic E-state index is 9.76. The van der Waals surface area contributed by atoms with E-state index in [-0.39, 0.29) is 24.9 Å². The summed E-state index contributed by atoms with van der Waals surface area (Å²) in [6.07, 6.45) is 42.8. The van der Waals surface area contributed by atoms with Crippen LogP contribution in [0.4, 0.5) is 0 Å². The number of allylic oxidation sites excluding steroid dienone is 4. The van der Waals surface area contributed by atoms with Crippen molar-refractivity contribution in [1.82, 2.24) is 0 Å². The number of aliphatic hydroxyl groups excluding tert-OH is 4. The number of hydrogen-bond donors (Lipinski definition) is 4. The Balaban J connectivity index is -0.000000779. The van der Waals surface area contributed by atoms with Crippen molar-refractivity contribution in [2.24, 2.45) is 0 Å². The van der Waals surface area contributed by atoms with Gasteiger partial charge in [-0.25, -0.2) is 0 Å². The van der Waals surface area contributed by atoms with Crippen LogP contribution in [-0.2, 0) is 18.9 Å². The highest BCUT2D eigenvalue weighted by molar-refractivity contribution is 4.98. The zero-order valence-corrected chi connectivity index (χ0v) is 42.6. The van der Waals surface area contributed by atoms with E-state index in [1.165, 1.54) is 103 Å². The summed E-state index contributed by atoms with van der Waals surface area (Å²) >= 11 is 0. The Morgan fingerprint density at radius 3 is 1.29 bits per heavy atom. The lowest BCUT2D eigenvalue weighted by atomic mass is 10.1. The molecule has 0 spiro atoms. The molecule has 1 saturated heterocycles. The minimum absolute atomic E-state index is 0.0852. The normalized spacial score (nSPS) is 14.5. The Morgan fingerprint density at radius 1 is 0.444 bits per heavy atom. The maximum atomic E-state index is 9.76. The second kappa shape index (κ2) is 60.7. The molecule has 0 unspecified atom stereocenters. The van der Waals surface area contributed by atoms with Gasteiger partial charge in [-0.2, -0.15) is 0 Å². The van der Waals surface area contributed by atoms with Gasteiger partial charge >= 0.3 is 0 Å². The van der Waals surface area contributed by atoms with Crippen molar-refractivity contribution in [1.29, 1.82) is 0 Å². The van der Waals surface area contributed by atoms with Crippen molar-refractivity contribution < 1.29 is 39.4 Å². The predicted octanol–water partition coefficient (Wildman–Crippen LogP) is 13.8. The second-order valence-corrected chi connectivity index (χ2v) is 17.2. The van der Waals surface area contributed by atoms with E-state index in [0.717, 1.165) is 123 Å². The van der Waals surface area contributed by atoms with Gasteiger partial charge in [-0.15, -0.1) is 11.8 Å². The van der Waals surface area contributed by atoms with Crippen molar-refractivity contribution >= 4 is 0 Å².